The third-order valence-electron chi connectivity index (χ3n) is 6.60. The predicted molar refractivity (Wildman–Crippen MR) is 137 cm³/mol. The summed E-state index contributed by atoms with van der Waals surface area (Å²) in [5, 5.41) is 14.4. The number of hydrogen-bond donors (Lipinski definition) is 1. The minimum absolute atomic E-state index is 0.659. The number of anilines is 1. The highest BCUT2D eigenvalue weighted by molar-refractivity contribution is 5.80. The molecule has 188 valence electrons. The number of nitrogens with one attached hydrogen (secondary N) is 1. The Kier molecular flexibility index (Phi) is 7.36. The van der Waals surface area contributed by atoms with Gasteiger partial charge in [-0.25, -0.2) is 10.1 Å². The van der Waals surface area contributed by atoms with E-state index in [-0.39, 0.29) is 0 Å². The average Bonchev–Trinajstić information content (AvgIpc) is 3.55. The average molecular weight is 489 g/mol. The fourth-order valence-corrected chi connectivity index (χ4v) is 4.72. The first-order chi connectivity index (χ1) is 17.7. The van der Waals surface area contributed by atoms with Crippen molar-refractivity contribution in [2.75, 3.05) is 52.1 Å². The van der Waals surface area contributed by atoms with E-state index in [0.29, 0.717) is 19.0 Å². The first kappa shape index (κ1) is 24.1. The van der Waals surface area contributed by atoms with Crippen molar-refractivity contribution in [3.05, 3.63) is 65.6 Å². The van der Waals surface area contributed by atoms with E-state index in [4.69, 9.17) is 14.5 Å². The number of imidazole rings is 1. The quantitative estimate of drug-likeness (QED) is 0.364. The maximum absolute atomic E-state index is 5.36. The summed E-state index contributed by atoms with van der Waals surface area (Å²) in [4.78, 5) is 9.66. The molecule has 0 atom stereocenters. The van der Waals surface area contributed by atoms with Crippen molar-refractivity contribution in [1.82, 2.24) is 35.1 Å². The lowest BCUT2D eigenvalue weighted by Crippen LogP contribution is -2.45. The number of aromatic nitrogens is 6. The van der Waals surface area contributed by atoms with Crippen LogP contribution in [-0.4, -0.2) is 82.3 Å². The summed E-state index contributed by atoms with van der Waals surface area (Å²) in [6.45, 7) is 7.56. The van der Waals surface area contributed by atoms with Crippen LogP contribution in [0.4, 0.5) is 5.82 Å². The van der Waals surface area contributed by atoms with Gasteiger partial charge >= 0.3 is 0 Å². The van der Waals surface area contributed by atoms with E-state index < -0.39 is 0 Å². The molecule has 0 bridgehead atoms. The molecule has 0 spiro atoms. The summed E-state index contributed by atoms with van der Waals surface area (Å²) in [5.41, 5.74) is 5.63. The van der Waals surface area contributed by atoms with Crippen molar-refractivity contribution < 1.29 is 9.47 Å². The number of benzene rings is 2. The van der Waals surface area contributed by atoms with Gasteiger partial charge in [-0.3, -0.25) is 4.90 Å². The normalized spacial score (nSPS) is 13.8. The molecular weight excluding hydrogens is 456 g/mol. The Labute approximate surface area is 210 Å². The predicted octanol–water partition coefficient (Wildman–Crippen LogP) is 2.96. The van der Waals surface area contributed by atoms with E-state index in [2.05, 4.69) is 72.2 Å². The molecule has 2 aromatic carbocycles. The van der Waals surface area contributed by atoms with Gasteiger partial charge in [0.15, 0.2) is 11.6 Å². The van der Waals surface area contributed by atoms with Gasteiger partial charge in [-0.15, -0.1) is 5.10 Å². The van der Waals surface area contributed by atoms with Crippen molar-refractivity contribution in [3.63, 3.8) is 0 Å². The molecule has 0 unspecified atom stereocenters. The zero-order chi connectivity index (χ0) is 24.9. The molecule has 1 N–H and O–H groups in total. The lowest BCUT2D eigenvalue weighted by atomic mass is 9.98. The topological polar surface area (TPSA) is 97.2 Å². The Hall–Kier alpha value is -3.60. The molecule has 0 fully saturated rings. The summed E-state index contributed by atoms with van der Waals surface area (Å²) in [6, 6.07) is 16.8. The number of aryl methyl sites for hydroxylation is 1. The van der Waals surface area contributed by atoms with Crippen LogP contribution in [0.5, 0.6) is 0 Å². The second kappa shape index (κ2) is 11.0. The molecule has 2 aromatic heterocycles. The molecule has 0 radical (unpaired) electrons. The molecule has 0 aliphatic carbocycles. The van der Waals surface area contributed by atoms with Gasteiger partial charge in [0, 0.05) is 46.0 Å². The monoisotopic (exact) mass is 488 g/mol. The summed E-state index contributed by atoms with van der Waals surface area (Å²) >= 11 is 0. The summed E-state index contributed by atoms with van der Waals surface area (Å²) in [5.74, 6) is 2.74. The molecular formula is C26H32N8O2. The molecule has 10 heteroatoms. The third kappa shape index (κ3) is 5.01. The van der Waals surface area contributed by atoms with E-state index in [1.54, 1.807) is 14.2 Å². The molecule has 0 saturated carbocycles. The number of methoxy groups -OCH3 is 2. The summed E-state index contributed by atoms with van der Waals surface area (Å²) in [7, 11) is 3.48. The van der Waals surface area contributed by atoms with Gasteiger partial charge in [-0.2, -0.15) is 0 Å². The van der Waals surface area contributed by atoms with Crippen molar-refractivity contribution in [2.45, 2.75) is 20.0 Å². The first-order valence-electron chi connectivity index (χ1n) is 12.1. The number of ether oxygens (including phenoxy) is 2. The van der Waals surface area contributed by atoms with Crippen LogP contribution < -0.4 is 4.90 Å². The van der Waals surface area contributed by atoms with Gasteiger partial charge in [0.2, 0.25) is 0 Å². The number of aromatic amines is 1. The van der Waals surface area contributed by atoms with Gasteiger partial charge in [0.05, 0.1) is 25.6 Å². The van der Waals surface area contributed by atoms with Crippen molar-refractivity contribution in [3.8, 4) is 22.5 Å². The Morgan fingerprint density at radius 2 is 1.69 bits per heavy atom. The largest absolute Gasteiger partial charge is 0.383 e. The van der Waals surface area contributed by atoms with Crippen LogP contribution in [-0.2, 0) is 22.6 Å². The van der Waals surface area contributed by atoms with Crippen molar-refractivity contribution in [2.24, 2.45) is 0 Å². The number of hydrogen-bond acceptors (Lipinski definition) is 8. The van der Waals surface area contributed by atoms with E-state index in [0.717, 1.165) is 61.2 Å². The molecule has 1 aliphatic heterocycles. The number of rotatable bonds is 10. The fraction of sp³-hybridized carbons (Fsp3) is 0.385. The number of H-pyrrole nitrogens is 1. The maximum Gasteiger partial charge on any atom is 0.180 e. The molecule has 3 heterocycles. The van der Waals surface area contributed by atoms with E-state index in [9.17, 15) is 0 Å². The van der Waals surface area contributed by atoms with Crippen LogP contribution in [0.25, 0.3) is 22.5 Å². The van der Waals surface area contributed by atoms with Crippen LogP contribution in [0.3, 0.4) is 0 Å². The second-order valence-electron chi connectivity index (χ2n) is 8.95. The highest BCUT2D eigenvalue weighted by Crippen LogP contribution is 2.31. The third-order valence-corrected chi connectivity index (χ3v) is 6.60. The molecule has 0 amide bonds. The lowest BCUT2D eigenvalue weighted by Gasteiger charge is -2.36. The number of nitrogens with zero attached hydrogens (tertiary/aromatic N) is 7. The van der Waals surface area contributed by atoms with E-state index in [1.165, 1.54) is 11.3 Å². The van der Waals surface area contributed by atoms with E-state index in [1.807, 2.05) is 18.2 Å². The smallest absolute Gasteiger partial charge is 0.180 e. The number of tetrazole rings is 1. The SMILES string of the molecule is COCCN1Cc2c(nc(C)n2Cc2ccc(-c3ccccc3-c3nnn[nH]3)cc2)N(CCOC)C1. The van der Waals surface area contributed by atoms with Crippen LogP contribution in [0.15, 0.2) is 48.5 Å². The molecule has 0 saturated heterocycles. The van der Waals surface area contributed by atoms with Crippen molar-refractivity contribution >= 4 is 5.82 Å². The maximum atomic E-state index is 5.36. The highest BCUT2D eigenvalue weighted by atomic mass is 16.5. The minimum Gasteiger partial charge on any atom is -0.383 e. The van der Waals surface area contributed by atoms with Crippen LogP contribution in [0, 0.1) is 6.92 Å². The van der Waals surface area contributed by atoms with Gasteiger partial charge in [0.25, 0.3) is 0 Å². The molecule has 5 rings (SSSR count). The van der Waals surface area contributed by atoms with Crippen molar-refractivity contribution in [1.29, 1.82) is 0 Å². The van der Waals surface area contributed by atoms with Gasteiger partial charge in [-0.05, 0) is 34.0 Å². The minimum atomic E-state index is 0.659. The molecule has 4 aromatic rings. The highest BCUT2D eigenvalue weighted by Gasteiger charge is 2.28. The number of fused-ring (bicyclic) bond motifs is 1. The Morgan fingerprint density at radius 3 is 2.42 bits per heavy atom. The standard InChI is InChI=1S/C26H32N8O2/c1-19-27-26-24(17-32(12-14-35-2)18-33(26)13-15-36-3)34(19)16-20-8-10-21(11-9-20)22-6-4-5-7-23(22)25-28-30-31-29-25/h4-11H,12-18H2,1-3H3,(H,28,29,30,31). The lowest BCUT2D eigenvalue weighted by molar-refractivity contribution is 0.135. The van der Waals surface area contributed by atoms with Crippen LogP contribution in [0.1, 0.15) is 17.1 Å². The summed E-state index contributed by atoms with van der Waals surface area (Å²) < 4.78 is 13.0. The van der Waals surface area contributed by atoms with Gasteiger partial charge in [-0.1, -0.05) is 48.5 Å². The first-order valence-corrected chi connectivity index (χ1v) is 12.1. The Bertz CT molecular complexity index is 1270. The summed E-state index contributed by atoms with van der Waals surface area (Å²) in [6.07, 6.45) is 0. The van der Waals surface area contributed by atoms with Crippen LogP contribution >= 0.6 is 0 Å². The van der Waals surface area contributed by atoms with Crippen LogP contribution in [0.2, 0.25) is 0 Å². The van der Waals surface area contributed by atoms with Gasteiger partial charge in [0.1, 0.15) is 5.82 Å². The Balaban J connectivity index is 1.40. The molecule has 10 nitrogen and oxygen atoms in total. The fourth-order valence-electron chi connectivity index (χ4n) is 4.72. The van der Waals surface area contributed by atoms with E-state index >= 15 is 0 Å². The second-order valence-corrected chi connectivity index (χ2v) is 8.95. The molecule has 36 heavy (non-hydrogen) atoms. The zero-order valence-corrected chi connectivity index (χ0v) is 21.0. The molecule has 1 aliphatic rings. The zero-order valence-electron chi connectivity index (χ0n) is 21.0. The Morgan fingerprint density at radius 1 is 0.944 bits per heavy atom. The van der Waals surface area contributed by atoms with Gasteiger partial charge < -0.3 is 18.9 Å².